The molecule has 0 bridgehead atoms. The fraction of sp³-hybridized carbons (Fsp3) is 0.250. The molecular formula is C16H16N6OS. The first-order valence-electron chi connectivity index (χ1n) is 7.63. The smallest absolute Gasteiger partial charge is 0.321 e. The van der Waals surface area contributed by atoms with Gasteiger partial charge in [0.05, 0.1) is 6.33 Å². The molecule has 3 aromatic rings. The normalized spacial score (nSPS) is 19.0. The Morgan fingerprint density at radius 1 is 1.33 bits per heavy atom. The summed E-state index contributed by atoms with van der Waals surface area (Å²) in [4.78, 5) is 20.6. The molecule has 4 rings (SSSR count). The Labute approximate surface area is 142 Å². The Morgan fingerprint density at radius 2 is 2.17 bits per heavy atom. The van der Waals surface area contributed by atoms with Crippen molar-refractivity contribution in [2.45, 2.75) is 18.4 Å². The van der Waals surface area contributed by atoms with Crippen molar-refractivity contribution in [3.05, 3.63) is 48.5 Å². The van der Waals surface area contributed by atoms with Crippen molar-refractivity contribution in [2.24, 2.45) is 7.05 Å². The van der Waals surface area contributed by atoms with Crippen molar-refractivity contribution in [2.75, 3.05) is 5.32 Å². The van der Waals surface area contributed by atoms with Gasteiger partial charge in [0.25, 0.3) is 0 Å². The number of nitrogens with one attached hydrogen (secondary N) is 2. The van der Waals surface area contributed by atoms with Gasteiger partial charge in [0.15, 0.2) is 5.82 Å². The van der Waals surface area contributed by atoms with Crippen molar-refractivity contribution in [3.8, 4) is 11.4 Å². The lowest BCUT2D eigenvalue weighted by atomic mass is 10.2. The molecule has 0 unspecified atom stereocenters. The number of amides is 2. The highest BCUT2D eigenvalue weighted by Gasteiger charge is 2.41. The number of urea groups is 1. The molecule has 0 radical (unpaired) electrons. The topological polar surface area (TPSA) is 84.7 Å². The summed E-state index contributed by atoms with van der Waals surface area (Å²) < 4.78 is 6.27. The third-order valence-corrected chi connectivity index (χ3v) is 4.65. The average molecular weight is 340 g/mol. The van der Waals surface area contributed by atoms with Crippen LogP contribution in [0, 0.1) is 0 Å². The fourth-order valence-corrected chi connectivity index (χ4v) is 3.27. The lowest BCUT2D eigenvalue weighted by Crippen LogP contribution is -2.31. The molecule has 1 saturated carbocycles. The van der Waals surface area contributed by atoms with Crippen molar-refractivity contribution >= 4 is 22.7 Å². The Morgan fingerprint density at radius 3 is 2.92 bits per heavy atom. The molecule has 2 heterocycles. The van der Waals surface area contributed by atoms with Crippen molar-refractivity contribution in [1.82, 2.24) is 24.2 Å². The van der Waals surface area contributed by atoms with Gasteiger partial charge in [0, 0.05) is 48.0 Å². The van der Waals surface area contributed by atoms with Gasteiger partial charge in [-0.2, -0.15) is 9.36 Å². The second kappa shape index (κ2) is 6.04. The van der Waals surface area contributed by atoms with E-state index in [1.54, 1.807) is 6.33 Å². The minimum atomic E-state index is -0.250. The predicted molar refractivity (Wildman–Crippen MR) is 91.9 cm³/mol. The summed E-state index contributed by atoms with van der Waals surface area (Å²) in [5.74, 6) is 0.952. The van der Waals surface area contributed by atoms with E-state index in [0.717, 1.165) is 17.7 Å². The van der Waals surface area contributed by atoms with Gasteiger partial charge in [0.2, 0.25) is 5.13 Å². The number of aryl methyl sites for hydroxylation is 1. The molecule has 1 aliphatic rings. The summed E-state index contributed by atoms with van der Waals surface area (Å²) in [6, 6.07) is 9.58. The van der Waals surface area contributed by atoms with Crippen molar-refractivity contribution in [3.63, 3.8) is 0 Å². The number of rotatable bonds is 4. The standard InChI is InChI=1S/C16H16N6OS/c1-22-9-17-8-13(22)11-7-12(11)18-15(23)20-16-19-14(21-24-16)10-5-3-2-4-6-10/h2-6,8-9,11-12H,7H2,1H3,(H2,18,19,20,21,23)/t11-,12-/m1/s1. The molecule has 2 aromatic heterocycles. The zero-order valence-electron chi connectivity index (χ0n) is 13.0. The largest absolute Gasteiger partial charge is 0.337 e. The molecule has 2 N–H and O–H groups in total. The first-order valence-corrected chi connectivity index (χ1v) is 8.41. The van der Waals surface area contributed by atoms with Crippen LogP contribution >= 0.6 is 11.5 Å². The number of imidazole rings is 1. The fourth-order valence-electron chi connectivity index (χ4n) is 2.69. The zero-order valence-corrected chi connectivity index (χ0v) is 13.8. The molecule has 8 heteroatoms. The van der Waals surface area contributed by atoms with E-state index in [9.17, 15) is 4.79 Å². The first-order chi connectivity index (χ1) is 11.7. The molecule has 0 saturated heterocycles. The highest BCUT2D eigenvalue weighted by atomic mass is 32.1. The van der Waals surface area contributed by atoms with Crippen LogP contribution in [0.25, 0.3) is 11.4 Å². The molecule has 1 aromatic carbocycles. The highest BCUT2D eigenvalue weighted by Crippen LogP contribution is 2.40. The number of benzene rings is 1. The molecule has 1 aliphatic carbocycles. The van der Waals surface area contributed by atoms with Crippen LogP contribution in [-0.2, 0) is 7.05 Å². The van der Waals surface area contributed by atoms with Gasteiger partial charge in [-0.05, 0) is 6.42 Å². The number of hydrogen-bond donors (Lipinski definition) is 2. The summed E-state index contributed by atoms with van der Waals surface area (Å²) in [5, 5.41) is 6.21. The van der Waals surface area contributed by atoms with Crippen LogP contribution in [0.3, 0.4) is 0 Å². The Kier molecular flexibility index (Phi) is 3.73. The number of carbonyl (C=O) groups is 1. The van der Waals surface area contributed by atoms with Gasteiger partial charge in [-0.25, -0.2) is 9.78 Å². The number of anilines is 1. The molecule has 2 amide bonds. The maximum atomic E-state index is 12.1. The second-order valence-electron chi connectivity index (χ2n) is 5.77. The van der Waals surface area contributed by atoms with Gasteiger partial charge in [-0.1, -0.05) is 30.3 Å². The lowest BCUT2D eigenvalue weighted by molar-refractivity contribution is 0.251. The summed E-state index contributed by atoms with van der Waals surface area (Å²) in [5.41, 5.74) is 2.07. The summed E-state index contributed by atoms with van der Waals surface area (Å²) >= 11 is 1.17. The van der Waals surface area contributed by atoms with Crippen LogP contribution < -0.4 is 10.6 Å². The first kappa shape index (κ1) is 14.8. The van der Waals surface area contributed by atoms with Gasteiger partial charge in [0.1, 0.15) is 0 Å². The van der Waals surface area contributed by atoms with Gasteiger partial charge < -0.3 is 9.88 Å². The number of carbonyl (C=O) groups excluding carboxylic acids is 1. The van der Waals surface area contributed by atoms with Crippen molar-refractivity contribution in [1.29, 1.82) is 0 Å². The lowest BCUT2D eigenvalue weighted by Gasteiger charge is -2.05. The molecule has 2 atom stereocenters. The SMILES string of the molecule is Cn1cncc1[C@@H]1C[C@H]1NC(=O)Nc1nc(-c2ccccc2)ns1. The van der Waals surface area contributed by atoms with E-state index in [1.165, 1.54) is 11.5 Å². The maximum Gasteiger partial charge on any atom is 0.321 e. The molecule has 1 fully saturated rings. The van der Waals surface area contributed by atoms with Gasteiger partial charge in [-0.3, -0.25) is 5.32 Å². The quantitative estimate of drug-likeness (QED) is 0.764. The number of aromatic nitrogens is 4. The molecule has 24 heavy (non-hydrogen) atoms. The highest BCUT2D eigenvalue weighted by molar-refractivity contribution is 7.10. The Hall–Kier alpha value is -2.74. The Bertz CT molecular complexity index is 858. The van der Waals surface area contributed by atoms with E-state index in [2.05, 4.69) is 25.0 Å². The zero-order chi connectivity index (χ0) is 16.5. The summed E-state index contributed by atoms with van der Waals surface area (Å²) in [7, 11) is 1.96. The second-order valence-corrected chi connectivity index (χ2v) is 6.52. The van der Waals surface area contributed by atoms with Crippen molar-refractivity contribution < 1.29 is 4.79 Å². The van der Waals surface area contributed by atoms with E-state index >= 15 is 0 Å². The van der Waals surface area contributed by atoms with Crippen LogP contribution in [0.2, 0.25) is 0 Å². The average Bonchev–Trinajstić information content (AvgIpc) is 2.96. The van der Waals surface area contributed by atoms with E-state index in [4.69, 9.17) is 0 Å². The summed E-state index contributed by atoms with van der Waals surface area (Å²) in [6.07, 6.45) is 4.55. The Balaban J connectivity index is 1.34. The molecule has 122 valence electrons. The number of hydrogen-bond acceptors (Lipinski definition) is 5. The molecule has 7 nitrogen and oxygen atoms in total. The predicted octanol–water partition coefficient (Wildman–Crippen LogP) is 2.62. The summed E-state index contributed by atoms with van der Waals surface area (Å²) in [6.45, 7) is 0. The third kappa shape index (κ3) is 3.00. The van der Waals surface area contributed by atoms with E-state index in [-0.39, 0.29) is 12.1 Å². The minimum Gasteiger partial charge on any atom is -0.337 e. The minimum absolute atomic E-state index is 0.141. The van der Waals surface area contributed by atoms with Crippen LogP contribution in [0.15, 0.2) is 42.9 Å². The number of nitrogens with zero attached hydrogens (tertiary/aromatic N) is 4. The van der Waals surface area contributed by atoms with Gasteiger partial charge >= 0.3 is 6.03 Å². The molecular weight excluding hydrogens is 324 g/mol. The van der Waals surface area contributed by atoms with E-state index in [1.807, 2.05) is 48.1 Å². The third-order valence-electron chi connectivity index (χ3n) is 4.02. The molecule has 0 spiro atoms. The monoisotopic (exact) mass is 340 g/mol. The van der Waals surface area contributed by atoms with Crippen LogP contribution in [-0.4, -0.2) is 31.0 Å². The molecule has 0 aliphatic heterocycles. The van der Waals surface area contributed by atoms with Crippen LogP contribution in [0.1, 0.15) is 18.0 Å². The van der Waals surface area contributed by atoms with Crippen LogP contribution in [0.5, 0.6) is 0 Å². The van der Waals surface area contributed by atoms with E-state index in [0.29, 0.717) is 16.9 Å². The van der Waals surface area contributed by atoms with Gasteiger partial charge in [-0.15, -0.1) is 0 Å². The van der Waals surface area contributed by atoms with Crippen LogP contribution in [0.4, 0.5) is 9.93 Å². The van der Waals surface area contributed by atoms with E-state index < -0.39 is 0 Å². The maximum absolute atomic E-state index is 12.1.